The lowest BCUT2D eigenvalue weighted by atomic mass is 10.1. The van der Waals surface area contributed by atoms with Gasteiger partial charge in [0.25, 0.3) is 5.91 Å². The molecule has 116 valence electrons. The van der Waals surface area contributed by atoms with Crippen LogP contribution in [-0.2, 0) is 4.79 Å². The number of aromatic amines is 1. The fourth-order valence-electron chi connectivity index (χ4n) is 1.89. The number of aryl methyl sites for hydroxylation is 1. The second-order valence-electron chi connectivity index (χ2n) is 4.85. The zero-order valence-electron chi connectivity index (χ0n) is 12.3. The van der Waals surface area contributed by atoms with E-state index in [9.17, 15) is 9.59 Å². The van der Waals surface area contributed by atoms with E-state index in [1.165, 1.54) is 11.8 Å². The standard InChI is InChI=1S/C15H17N3O3S/c1-9-3-5-10(6-4-9)11-7-12(18-17-11)14(19)16-13(8-22-2)15(20)21/h3-7,13H,8H2,1-2H3,(H,16,19)(H,17,18)(H,20,21)/t13-/m0/s1. The average Bonchev–Trinajstić information content (AvgIpc) is 2.97. The minimum absolute atomic E-state index is 0.239. The van der Waals surface area contributed by atoms with E-state index in [1.807, 2.05) is 31.2 Å². The number of nitrogens with one attached hydrogen (secondary N) is 2. The Labute approximate surface area is 132 Å². The Morgan fingerprint density at radius 2 is 2.05 bits per heavy atom. The molecule has 0 aliphatic heterocycles. The summed E-state index contributed by atoms with van der Waals surface area (Å²) in [6, 6.07) is 8.44. The van der Waals surface area contributed by atoms with Crippen LogP contribution >= 0.6 is 11.8 Å². The third-order valence-electron chi connectivity index (χ3n) is 3.11. The van der Waals surface area contributed by atoms with Gasteiger partial charge in [0.15, 0.2) is 0 Å². The zero-order valence-corrected chi connectivity index (χ0v) is 13.1. The van der Waals surface area contributed by atoms with Gasteiger partial charge in [0.05, 0.1) is 5.69 Å². The Morgan fingerprint density at radius 3 is 2.64 bits per heavy atom. The van der Waals surface area contributed by atoms with E-state index in [0.717, 1.165) is 11.1 Å². The minimum Gasteiger partial charge on any atom is -0.480 e. The molecule has 1 aromatic heterocycles. The van der Waals surface area contributed by atoms with E-state index in [2.05, 4.69) is 15.5 Å². The normalized spacial score (nSPS) is 11.9. The van der Waals surface area contributed by atoms with Gasteiger partial charge in [0.2, 0.25) is 0 Å². The van der Waals surface area contributed by atoms with Gasteiger partial charge in [-0.25, -0.2) is 4.79 Å². The van der Waals surface area contributed by atoms with Crippen LogP contribution in [0.1, 0.15) is 16.1 Å². The number of benzene rings is 1. The van der Waals surface area contributed by atoms with Gasteiger partial charge in [0.1, 0.15) is 11.7 Å². The molecule has 3 N–H and O–H groups in total. The second-order valence-corrected chi connectivity index (χ2v) is 5.76. The summed E-state index contributed by atoms with van der Waals surface area (Å²) in [7, 11) is 0. The number of amides is 1. The molecule has 2 aromatic rings. The fraction of sp³-hybridized carbons (Fsp3) is 0.267. The quantitative estimate of drug-likeness (QED) is 0.756. The molecule has 1 aromatic carbocycles. The molecule has 1 amide bonds. The summed E-state index contributed by atoms with van der Waals surface area (Å²) in [5.41, 5.74) is 2.91. The second kappa shape index (κ2) is 7.13. The Balaban J connectivity index is 2.11. The summed E-state index contributed by atoms with van der Waals surface area (Å²) in [5.74, 6) is -1.23. The molecular weight excluding hydrogens is 302 g/mol. The van der Waals surface area contributed by atoms with E-state index >= 15 is 0 Å². The van der Waals surface area contributed by atoms with Gasteiger partial charge in [-0.05, 0) is 19.2 Å². The van der Waals surface area contributed by atoms with Crippen molar-refractivity contribution in [2.24, 2.45) is 0 Å². The van der Waals surface area contributed by atoms with Gasteiger partial charge < -0.3 is 10.4 Å². The third kappa shape index (κ3) is 3.88. The number of carboxylic acids is 1. The van der Waals surface area contributed by atoms with Gasteiger partial charge in [-0.3, -0.25) is 9.89 Å². The number of rotatable bonds is 6. The molecule has 6 nitrogen and oxygen atoms in total. The number of aliphatic carboxylic acids is 1. The molecule has 1 atom stereocenters. The minimum atomic E-state index is -1.05. The molecular formula is C15H17N3O3S. The van der Waals surface area contributed by atoms with Gasteiger partial charge in [0, 0.05) is 11.3 Å². The first kappa shape index (κ1) is 16.1. The smallest absolute Gasteiger partial charge is 0.327 e. The largest absolute Gasteiger partial charge is 0.480 e. The van der Waals surface area contributed by atoms with Gasteiger partial charge in [-0.2, -0.15) is 16.9 Å². The number of carbonyl (C=O) groups excluding carboxylic acids is 1. The van der Waals surface area contributed by atoms with Crippen molar-refractivity contribution >= 4 is 23.6 Å². The maximum absolute atomic E-state index is 12.1. The van der Waals surface area contributed by atoms with Gasteiger partial charge in [-0.15, -0.1) is 0 Å². The molecule has 0 saturated carbocycles. The first-order valence-electron chi connectivity index (χ1n) is 6.66. The lowest BCUT2D eigenvalue weighted by molar-refractivity contribution is -0.138. The molecule has 0 saturated heterocycles. The number of hydrogen-bond acceptors (Lipinski definition) is 4. The first-order valence-corrected chi connectivity index (χ1v) is 8.05. The Kier molecular flexibility index (Phi) is 5.21. The summed E-state index contributed by atoms with van der Waals surface area (Å²) in [5, 5.41) is 18.3. The molecule has 0 aliphatic carbocycles. The van der Waals surface area contributed by atoms with Crippen LogP contribution in [0.5, 0.6) is 0 Å². The topological polar surface area (TPSA) is 95.1 Å². The van der Waals surface area contributed by atoms with Crippen molar-refractivity contribution in [2.75, 3.05) is 12.0 Å². The van der Waals surface area contributed by atoms with Crippen molar-refractivity contribution in [3.8, 4) is 11.3 Å². The number of aromatic nitrogens is 2. The van der Waals surface area contributed by atoms with Crippen molar-refractivity contribution in [3.63, 3.8) is 0 Å². The molecule has 0 aliphatic rings. The first-order chi connectivity index (χ1) is 10.5. The van der Waals surface area contributed by atoms with E-state index in [-0.39, 0.29) is 5.69 Å². The van der Waals surface area contributed by atoms with Crippen LogP contribution in [0.4, 0.5) is 0 Å². The van der Waals surface area contributed by atoms with Crippen LogP contribution in [-0.4, -0.2) is 45.2 Å². The van der Waals surface area contributed by atoms with Gasteiger partial charge in [-0.1, -0.05) is 29.8 Å². The van der Waals surface area contributed by atoms with Gasteiger partial charge >= 0.3 is 5.97 Å². The van der Waals surface area contributed by atoms with Crippen molar-refractivity contribution in [1.29, 1.82) is 0 Å². The molecule has 0 radical (unpaired) electrons. The molecule has 0 fully saturated rings. The van der Waals surface area contributed by atoms with Crippen LogP contribution in [0.3, 0.4) is 0 Å². The predicted molar refractivity (Wildman–Crippen MR) is 86.0 cm³/mol. The maximum Gasteiger partial charge on any atom is 0.327 e. The molecule has 0 spiro atoms. The fourth-order valence-corrected chi connectivity index (χ4v) is 2.45. The number of nitrogens with zero attached hydrogens (tertiary/aromatic N) is 1. The third-order valence-corrected chi connectivity index (χ3v) is 3.77. The lowest BCUT2D eigenvalue weighted by Crippen LogP contribution is -2.42. The van der Waals surface area contributed by atoms with E-state index in [4.69, 9.17) is 5.11 Å². The summed E-state index contributed by atoms with van der Waals surface area (Å²) >= 11 is 1.36. The van der Waals surface area contributed by atoms with Crippen molar-refractivity contribution < 1.29 is 14.7 Å². The van der Waals surface area contributed by atoms with Crippen LogP contribution in [0.2, 0.25) is 0 Å². The molecule has 22 heavy (non-hydrogen) atoms. The van der Waals surface area contributed by atoms with Crippen molar-refractivity contribution in [3.05, 3.63) is 41.6 Å². The zero-order chi connectivity index (χ0) is 16.1. The highest BCUT2D eigenvalue weighted by Gasteiger charge is 2.21. The van der Waals surface area contributed by atoms with Crippen molar-refractivity contribution in [1.82, 2.24) is 15.5 Å². The molecule has 0 bridgehead atoms. The molecule has 2 rings (SSSR count). The maximum atomic E-state index is 12.1. The molecule has 7 heteroatoms. The number of H-pyrrole nitrogens is 1. The molecule has 0 unspecified atom stereocenters. The number of carbonyl (C=O) groups is 2. The summed E-state index contributed by atoms with van der Waals surface area (Å²) < 4.78 is 0. The average molecular weight is 319 g/mol. The Hall–Kier alpha value is -2.28. The Morgan fingerprint density at radius 1 is 1.36 bits per heavy atom. The van der Waals surface area contributed by atoms with Crippen LogP contribution in [0.15, 0.2) is 30.3 Å². The number of thioether (sulfide) groups is 1. The van der Waals surface area contributed by atoms with Crippen molar-refractivity contribution in [2.45, 2.75) is 13.0 Å². The highest BCUT2D eigenvalue weighted by Crippen LogP contribution is 2.18. The highest BCUT2D eigenvalue weighted by atomic mass is 32.2. The monoisotopic (exact) mass is 319 g/mol. The molecule has 1 heterocycles. The van der Waals surface area contributed by atoms with E-state index in [0.29, 0.717) is 11.4 Å². The van der Waals surface area contributed by atoms with Crippen LogP contribution in [0, 0.1) is 6.92 Å². The SMILES string of the molecule is CSC[C@H](NC(=O)c1cc(-c2ccc(C)cc2)n[nH]1)C(=O)O. The number of carboxylic acid groups (broad SMARTS) is 1. The highest BCUT2D eigenvalue weighted by molar-refractivity contribution is 7.98. The summed E-state index contributed by atoms with van der Waals surface area (Å²) in [4.78, 5) is 23.1. The van der Waals surface area contributed by atoms with Crippen LogP contribution in [0.25, 0.3) is 11.3 Å². The van der Waals surface area contributed by atoms with Crippen LogP contribution < -0.4 is 5.32 Å². The summed E-state index contributed by atoms with van der Waals surface area (Å²) in [6.07, 6.45) is 1.79. The lowest BCUT2D eigenvalue weighted by Gasteiger charge is -2.11. The number of hydrogen-bond donors (Lipinski definition) is 3. The summed E-state index contributed by atoms with van der Waals surface area (Å²) in [6.45, 7) is 1.99. The Bertz CT molecular complexity index is 667. The predicted octanol–water partition coefficient (Wildman–Crippen LogP) is 1.93. The van der Waals surface area contributed by atoms with E-state index < -0.39 is 17.9 Å². The van der Waals surface area contributed by atoms with E-state index in [1.54, 1.807) is 12.3 Å².